The van der Waals surface area contributed by atoms with Crippen molar-refractivity contribution in [1.29, 1.82) is 0 Å². The Balaban J connectivity index is 1.47. The third-order valence-corrected chi connectivity index (χ3v) is 5.42. The van der Waals surface area contributed by atoms with Crippen LogP contribution in [0, 0.1) is 0 Å². The fourth-order valence-corrected chi connectivity index (χ4v) is 3.87. The highest BCUT2D eigenvalue weighted by atomic mass is 35.5. The number of piperidine rings is 1. The third-order valence-electron chi connectivity index (χ3n) is 5.19. The molecule has 1 aliphatic heterocycles. The molecule has 150 valence electrons. The monoisotopic (exact) mass is 411 g/mol. The van der Waals surface area contributed by atoms with E-state index in [1.54, 1.807) is 34.7 Å². The molecule has 2 aromatic carbocycles. The summed E-state index contributed by atoms with van der Waals surface area (Å²) < 4.78 is 3.05. The van der Waals surface area contributed by atoms with Crippen LogP contribution in [0.4, 0.5) is 10.5 Å². The molecule has 8 heteroatoms. The van der Waals surface area contributed by atoms with E-state index < -0.39 is 0 Å². The second-order valence-electron chi connectivity index (χ2n) is 7.14. The van der Waals surface area contributed by atoms with Crippen molar-refractivity contribution in [2.45, 2.75) is 18.8 Å². The number of para-hydroxylation sites is 1. The Bertz CT molecular complexity index is 1070. The van der Waals surface area contributed by atoms with Gasteiger partial charge in [-0.25, -0.2) is 18.8 Å². The molecular formula is C21H22ClN5O2. The van der Waals surface area contributed by atoms with Gasteiger partial charge in [0.1, 0.15) is 5.82 Å². The second-order valence-corrected chi connectivity index (χ2v) is 7.57. The summed E-state index contributed by atoms with van der Waals surface area (Å²) in [6.45, 7) is 1.19. The number of urea groups is 1. The standard InChI is InChI=1S/C21H22ClN5O2/c1-25-21(29)27(18-8-3-2-4-9-18)19(24-25)15-10-12-26(13-11-15)20(28)23-17-7-5-6-16(22)14-17/h2-9,14-15H,10-13H2,1H3,(H,23,28). The van der Waals surface area contributed by atoms with Gasteiger partial charge in [-0.3, -0.25) is 0 Å². The molecule has 1 aliphatic rings. The van der Waals surface area contributed by atoms with Crippen LogP contribution in [0.25, 0.3) is 5.69 Å². The SMILES string of the molecule is Cn1nc(C2CCN(C(=O)Nc3cccc(Cl)c3)CC2)n(-c2ccccc2)c1=O. The number of rotatable bonds is 3. The van der Waals surface area contributed by atoms with Crippen LogP contribution in [0.1, 0.15) is 24.6 Å². The van der Waals surface area contributed by atoms with Gasteiger partial charge in [0.05, 0.1) is 5.69 Å². The van der Waals surface area contributed by atoms with E-state index in [1.807, 2.05) is 36.4 Å². The lowest BCUT2D eigenvalue weighted by molar-refractivity contribution is 0.193. The number of hydrogen-bond acceptors (Lipinski definition) is 3. The molecule has 0 aliphatic carbocycles. The third kappa shape index (κ3) is 4.05. The molecule has 0 saturated carbocycles. The summed E-state index contributed by atoms with van der Waals surface area (Å²) >= 11 is 5.98. The quantitative estimate of drug-likeness (QED) is 0.715. The molecule has 0 unspecified atom stereocenters. The van der Waals surface area contributed by atoms with E-state index in [-0.39, 0.29) is 17.6 Å². The Labute approximate surface area is 173 Å². The van der Waals surface area contributed by atoms with E-state index in [9.17, 15) is 9.59 Å². The molecule has 7 nitrogen and oxygen atoms in total. The van der Waals surface area contributed by atoms with E-state index in [1.165, 1.54) is 4.68 Å². The zero-order chi connectivity index (χ0) is 20.4. The molecule has 0 spiro atoms. The first-order valence-electron chi connectivity index (χ1n) is 9.56. The minimum atomic E-state index is -0.160. The van der Waals surface area contributed by atoms with Crippen molar-refractivity contribution in [3.63, 3.8) is 0 Å². The van der Waals surface area contributed by atoms with Gasteiger partial charge in [0, 0.05) is 36.8 Å². The molecule has 2 heterocycles. The second kappa shape index (κ2) is 8.13. The first-order chi connectivity index (χ1) is 14.0. The van der Waals surface area contributed by atoms with E-state index in [4.69, 9.17) is 11.6 Å². The van der Waals surface area contributed by atoms with Crippen LogP contribution in [0.15, 0.2) is 59.4 Å². The van der Waals surface area contributed by atoms with Gasteiger partial charge in [-0.05, 0) is 43.2 Å². The number of nitrogens with zero attached hydrogens (tertiary/aromatic N) is 4. The van der Waals surface area contributed by atoms with Gasteiger partial charge >= 0.3 is 11.7 Å². The molecule has 1 aromatic heterocycles. The van der Waals surface area contributed by atoms with Crippen molar-refractivity contribution in [3.8, 4) is 5.69 Å². The van der Waals surface area contributed by atoms with Gasteiger partial charge in [-0.1, -0.05) is 35.9 Å². The fraction of sp³-hybridized carbons (Fsp3) is 0.286. The van der Waals surface area contributed by atoms with Crippen LogP contribution < -0.4 is 11.0 Å². The predicted octanol–water partition coefficient (Wildman–Crippen LogP) is 3.64. The largest absolute Gasteiger partial charge is 0.350 e. The van der Waals surface area contributed by atoms with Crippen LogP contribution in [-0.4, -0.2) is 38.4 Å². The number of hydrogen-bond donors (Lipinski definition) is 1. The number of benzene rings is 2. The smallest absolute Gasteiger partial charge is 0.324 e. The number of anilines is 1. The van der Waals surface area contributed by atoms with Crippen LogP contribution in [0.3, 0.4) is 0 Å². The molecule has 29 heavy (non-hydrogen) atoms. The van der Waals surface area contributed by atoms with Crippen LogP contribution in [0.5, 0.6) is 0 Å². The topological polar surface area (TPSA) is 72.2 Å². The molecule has 0 bridgehead atoms. The number of likely N-dealkylation sites (tertiary alicyclic amines) is 1. The number of carbonyl (C=O) groups excluding carboxylic acids is 1. The van der Waals surface area contributed by atoms with Crippen LogP contribution in [0.2, 0.25) is 5.02 Å². The Kier molecular flexibility index (Phi) is 5.40. The molecule has 2 amide bonds. The lowest BCUT2D eigenvalue weighted by atomic mass is 9.96. The normalized spacial score (nSPS) is 14.8. The molecular weight excluding hydrogens is 390 g/mol. The van der Waals surface area contributed by atoms with E-state index in [2.05, 4.69) is 10.4 Å². The molecule has 0 atom stereocenters. The maximum Gasteiger partial charge on any atom is 0.350 e. The predicted molar refractivity (Wildman–Crippen MR) is 113 cm³/mol. The lowest BCUT2D eigenvalue weighted by Gasteiger charge is -2.31. The highest BCUT2D eigenvalue weighted by molar-refractivity contribution is 6.30. The maximum absolute atomic E-state index is 12.6. The van der Waals surface area contributed by atoms with Crippen molar-refractivity contribution in [3.05, 3.63) is 75.9 Å². The van der Waals surface area contributed by atoms with E-state index in [0.29, 0.717) is 23.8 Å². The average molecular weight is 412 g/mol. The lowest BCUT2D eigenvalue weighted by Crippen LogP contribution is -2.41. The van der Waals surface area contributed by atoms with Crippen molar-refractivity contribution in [1.82, 2.24) is 19.2 Å². The average Bonchev–Trinajstić information content (AvgIpc) is 3.03. The van der Waals surface area contributed by atoms with Crippen molar-refractivity contribution in [2.24, 2.45) is 7.05 Å². The van der Waals surface area contributed by atoms with Crippen molar-refractivity contribution >= 4 is 23.3 Å². The summed E-state index contributed by atoms with van der Waals surface area (Å²) in [7, 11) is 1.67. The van der Waals surface area contributed by atoms with Gasteiger partial charge in [-0.15, -0.1) is 0 Å². The van der Waals surface area contributed by atoms with E-state index in [0.717, 1.165) is 24.4 Å². The number of aromatic nitrogens is 3. The van der Waals surface area contributed by atoms with Gasteiger partial charge < -0.3 is 10.2 Å². The minimum absolute atomic E-state index is 0.110. The summed E-state index contributed by atoms with van der Waals surface area (Å²) in [5.41, 5.74) is 1.32. The summed E-state index contributed by atoms with van der Waals surface area (Å²) in [6.07, 6.45) is 1.48. The first-order valence-corrected chi connectivity index (χ1v) is 9.93. The molecule has 3 aromatic rings. The number of amides is 2. The Morgan fingerprint density at radius 1 is 1.10 bits per heavy atom. The zero-order valence-electron chi connectivity index (χ0n) is 16.1. The Morgan fingerprint density at radius 2 is 1.83 bits per heavy atom. The summed E-state index contributed by atoms with van der Waals surface area (Å²) in [5, 5.41) is 7.96. The van der Waals surface area contributed by atoms with Gasteiger partial charge in [0.15, 0.2) is 0 Å². The highest BCUT2D eigenvalue weighted by Gasteiger charge is 2.28. The van der Waals surface area contributed by atoms with Gasteiger partial charge in [-0.2, -0.15) is 5.10 Å². The fourth-order valence-electron chi connectivity index (χ4n) is 3.68. The number of aryl methyl sites for hydroxylation is 1. The van der Waals surface area contributed by atoms with Gasteiger partial charge in [0.2, 0.25) is 0 Å². The molecule has 1 N–H and O–H groups in total. The summed E-state index contributed by atoms with van der Waals surface area (Å²) in [5.74, 6) is 0.859. The van der Waals surface area contributed by atoms with Crippen LogP contribution in [-0.2, 0) is 7.05 Å². The van der Waals surface area contributed by atoms with Crippen molar-refractivity contribution < 1.29 is 4.79 Å². The molecule has 0 radical (unpaired) electrons. The first kappa shape index (κ1) is 19.3. The number of carbonyl (C=O) groups is 1. The Hall–Kier alpha value is -3.06. The molecule has 1 saturated heterocycles. The maximum atomic E-state index is 12.6. The minimum Gasteiger partial charge on any atom is -0.324 e. The Morgan fingerprint density at radius 3 is 2.52 bits per heavy atom. The molecule has 1 fully saturated rings. The van der Waals surface area contributed by atoms with Crippen LogP contribution >= 0.6 is 11.6 Å². The number of nitrogens with one attached hydrogen (secondary N) is 1. The summed E-state index contributed by atoms with van der Waals surface area (Å²) in [4.78, 5) is 27.0. The molecule has 4 rings (SSSR count). The number of halogens is 1. The highest BCUT2D eigenvalue weighted by Crippen LogP contribution is 2.28. The van der Waals surface area contributed by atoms with Crippen molar-refractivity contribution in [2.75, 3.05) is 18.4 Å². The summed E-state index contributed by atoms with van der Waals surface area (Å²) in [6, 6.07) is 16.5. The zero-order valence-corrected chi connectivity index (χ0v) is 16.8. The van der Waals surface area contributed by atoms with Gasteiger partial charge in [0.25, 0.3) is 0 Å². The van der Waals surface area contributed by atoms with E-state index >= 15 is 0 Å².